The fourth-order valence-corrected chi connectivity index (χ4v) is 2.57. The van der Waals surface area contributed by atoms with Crippen LogP contribution in [0.5, 0.6) is 0 Å². The monoisotopic (exact) mass is 295 g/mol. The topological polar surface area (TPSA) is 12.4 Å². The summed E-state index contributed by atoms with van der Waals surface area (Å²) in [4.78, 5) is 4.87. The molecule has 0 heterocycles. The van der Waals surface area contributed by atoms with Crippen LogP contribution in [0.15, 0.2) is 41.4 Å². The third-order valence-corrected chi connectivity index (χ3v) is 3.84. The lowest BCUT2D eigenvalue weighted by Gasteiger charge is -2.11. The van der Waals surface area contributed by atoms with Crippen molar-refractivity contribution in [1.29, 1.82) is 0 Å². The number of nitrogens with zero attached hydrogens (tertiary/aromatic N) is 1. The summed E-state index contributed by atoms with van der Waals surface area (Å²) in [5, 5.41) is 1.98. The van der Waals surface area contributed by atoms with Crippen molar-refractivity contribution in [1.82, 2.24) is 0 Å². The molecule has 0 N–H and O–H groups in total. The maximum Gasteiger partial charge on any atom is 0.0940 e. The van der Waals surface area contributed by atoms with Gasteiger partial charge in [0, 0.05) is 5.02 Å². The standard InChI is InChI=1S/C16H22ClNS/c1-4-6-11-16(19-3)18-15(8-5-2)13-9-7-10-14(17)12-13/h5,7-10,12,15H,4,6,11H2,1-3H3/b8-5?,18-16-. The van der Waals surface area contributed by atoms with Crippen molar-refractivity contribution in [2.45, 2.75) is 39.2 Å². The molecule has 1 aromatic rings. The Labute approximate surface area is 126 Å². The number of unbranched alkanes of at least 4 members (excludes halogenated alkanes) is 1. The molecule has 1 rings (SSSR count). The minimum absolute atomic E-state index is 0.0722. The van der Waals surface area contributed by atoms with Gasteiger partial charge in [-0.05, 0) is 43.7 Å². The molecule has 1 nitrogen and oxygen atoms in total. The zero-order valence-electron chi connectivity index (χ0n) is 11.9. The molecule has 0 saturated carbocycles. The maximum absolute atomic E-state index is 6.07. The molecular weight excluding hydrogens is 274 g/mol. The van der Waals surface area contributed by atoms with Gasteiger partial charge >= 0.3 is 0 Å². The van der Waals surface area contributed by atoms with Crippen molar-refractivity contribution in [3.63, 3.8) is 0 Å². The van der Waals surface area contributed by atoms with Crippen LogP contribution in [-0.2, 0) is 0 Å². The number of allylic oxidation sites excluding steroid dienone is 1. The SMILES string of the molecule is CC=CC(/N=C(/CCCC)SC)c1cccc(Cl)c1. The highest BCUT2D eigenvalue weighted by molar-refractivity contribution is 8.13. The number of hydrogen-bond donors (Lipinski definition) is 0. The summed E-state index contributed by atoms with van der Waals surface area (Å²) in [6.45, 7) is 4.23. The Morgan fingerprint density at radius 2 is 2.26 bits per heavy atom. The third kappa shape index (κ3) is 5.84. The Kier molecular flexibility index (Phi) is 7.92. The van der Waals surface area contributed by atoms with Gasteiger partial charge in [0.2, 0.25) is 0 Å². The van der Waals surface area contributed by atoms with E-state index in [-0.39, 0.29) is 6.04 Å². The van der Waals surface area contributed by atoms with Gasteiger partial charge in [-0.2, -0.15) is 0 Å². The second-order valence-electron chi connectivity index (χ2n) is 4.36. The van der Waals surface area contributed by atoms with Gasteiger partial charge in [0.25, 0.3) is 0 Å². The minimum Gasteiger partial charge on any atom is -0.271 e. The van der Waals surface area contributed by atoms with Crippen LogP contribution in [0.25, 0.3) is 0 Å². The molecular formula is C16H22ClNS. The highest BCUT2D eigenvalue weighted by Crippen LogP contribution is 2.24. The fourth-order valence-electron chi connectivity index (χ4n) is 1.80. The number of benzene rings is 1. The Morgan fingerprint density at radius 3 is 2.84 bits per heavy atom. The van der Waals surface area contributed by atoms with Crippen molar-refractivity contribution < 1.29 is 0 Å². The van der Waals surface area contributed by atoms with Crippen molar-refractivity contribution >= 4 is 28.4 Å². The summed E-state index contributed by atoms with van der Waals surface area (Å²) in [5.74, 6) is 0. The van der Waals surface area contributed by atoms with Gasteiger partial charge < -0.3 is 0 Å². The van der Waals surface area contributed by atoms with E-state index in [1.54, 1.807) is 11.8 Å². The van der Waals surface area contributed by atoms with Crippen molar-refractivity contribution in [3.8, 4) is 0 Å². The normalized spacial score (nSPS) is 14.0. The zero-order valence-corrected chi connectivity index (χ0v) is 13.5. The van der Waals surface area contributed by atoms with E-state index in [9.17, 15) is 0 Å². The van der Waals surface area contributed by atoms with E-state index in [1.165, 1.54) is 17.9 Å². The molecule has 0 saturated heterocycles. The quantitative estimate of drug-likeness (QED) is 0.361. The molecule has 0 amide bonds. The minimum atomic E-state index is 0.0722. The first-order valence-corrected chi connectivity index (χ1v) is 8.30. The molecule has 0 aliphatic heterocycles. The van der Waals surface area contributed by atoms with E-state index in [2.05, 4.69) is 25.3 Å². The summed E-state index contributed by atoms with van der Waals surface area (Å²) in [7, 11) is 0. The number of aliphatic imine (C=N–C) groups is 1. The van der Waals surface area contributed by atoms with Crippen LogP contribution in [-0.4, -0.2) is 11.3 Å². The highest BCUT2D eigenvalue weighted by atomic mass is 35.5. The molecule has 1 atom stereocenters. The van der Waals surface area contributed by atoms with Crippen LogP contribution in [0.4, 0.5) is 0 Å². The van der Waals surface area contributed by atoms with Crippen LogP contribution in [0.1, 0.15) is 44.7 Å². The average Bonchev–Trinajstić information content (AvgIpc) is 2.42. The predicted molar refractivity (Wildman–Crippen MR) is 89.5 cm³/mol. The first kappa shape index (κ1) is 16.3. The van der Waals surface area contributed by atoms with Gasteiger partial charge in [0.1, 0.15) is 0 Å². The van der Waals surface area contributed by atoms with Crippen LogP contribution < -0.4 is 0 Å². The summed E-state index contributed by atoms with van der Waals surface area (Å²) >= 11 is 7.81. The zero-order chi connectivity index (χ0) is 14.1. The molecule has 0 bridgehead atoms. The molecule has 0 radical (unpaired) electrons. The number of hydrogen-bond acceptors (Lipinski definition) is 2. The summed E-state index contributed by atoms with van der Waals surface area (Å²) in [6.07, 6.45) is 9.72. The van der Waals surface area contributed by atoms with Gasteiger partial charge in [-0.25, -0.2) is 0 Å². The Bertz CT molecular complexity index is 440. The average molecular weight is 296 g/mol. The van der Waals surface area contributed by atoms with E-state index in [0.717, 1.165) is 17.0 Å². The van der Waals surface area contributed by atoms with Gasteiger partial charge in [-0.15, -0.1) is 11.8 Å². The number of halogens is 1. The van der Waals surface area contributed by atoms with Crippen molar-refractivity contribution in [2.75, 3.05) is 6.26 Å². The van der Waals surface area contributed by atoms with Crippen molar-refractivity contribution in [3.05, 3.63) is 47.0 Å². The molecule has 0 aliphatic rings. The first-order chi connectivity index (χ1) is 9.21. The molecule has 0 aromatic heterocycles. The van der Waals surface area contributed by atoms with Gasteiger partial charge in [-0.1, -0.05) is 49.2 Å². The second kappa shape index (κ2) is 9.22. The fraction of sp³-hybridized carbons (Fsp3) is 0.438. The smallest absolute Gasteiger partial charge is 0.0940 e. The lowest BCUT2D eigenvalue weighted by molar-refractivity contribution is 0.827. The second-order valence-corrected chi connectivity index (χ2v) is 5.67. The van der Waals surface area contributed by atoms with E-state index in [4.69, 9.17) is 16.6 Å². The largest absolute Gasteiger partial charge is 0.271 e. The Hall–Kier alpha value is -0.730. The molecule has 0 fully saturated rings. The number of rotatable bonds is 6. The summed E-state index contributed by atoms with van der Waals surface area (Å²) in [6, 6.07) is 8.02. The molecule has 1 aromatic carbocycles. The summed E-state index contributed by atoms with van der Waals surface area (Å²) in [5.41, 5.74) is 1.15. The highest BCUT2D eigenvalue weighted by Gasteiger charge is 2.08. The molecule has 19 heavy (non-hydrogen) atoms. The van der Waals surface area contributed by atoms with E-state index in [0.29, 0.717) is 0 Å². The van der Waals surface area contributed by atoms with Crippen LogP contribution in [0.3, 0.4) is 0 Å². The van der Waals surface area contributed by atoms with E-state index in [1.807, 2.05) is 31.2 Å². The van der Waals surface area contributed by atoms with Gasteiger partial charge in [-0.3, -0.25) is 4.99 Å². The number of thioether (sulfide) groups is 1. The molecule has 0 aliphatic carbocycles. The van der Waals surface area contributed by atoms with Crippen molar-refractivity contribution in [2.24, 2.45) is 4.99 Å². The molecule has 104 valence electrons. The summed E-state index contributed by atoms with van der Waals surface area (Å²) < 4.78 is 0. The predicted octanol–water partition coefficient (Wildman–Crippen LogP) is 5.91. The van der Waals surface area contributed by atoms with E-state index >= 15 is 0 Å². The van der Waals surface area contributed by atoms with Crippen LogP contribution in [0, 0.1) is 0 Å². The van der Waals surface area contributed by atoms with Crippen LogP contribution in [0.2, 0.25) is 5.02 Å². The molecule has 1 unspecified atom stereocenters. The lowest BCUT2D eigenvalue weighted by Crippen LogP contribution is -1.98. The van der Waals surface area contributed by atoms with E-state index < -0.39 is 0 Å². The maximum atomic E-state index is 6.07. The first-order valence-electron chi connectivity index (χ1n) is 6.70. The Morgan fingerprint density at radius 1 is 1.47 bits per heavy atom. The lowest BCUT2D eigenvalue weighted by atomic mass is 10.1. The van der Waals surface area contributed by atoms with Crippen LogP contribution >= 0.6 is 23.4 Å². The molecule has 3 heteroatoms. The Balaban J connectivity index is 2.96. The third-order valence-electron chi connectivity index (χ3n) is 2.83. The molecule has 0 spiro atoms. The van der Waals surface area contributed by atoms with Gasteiger partial charge in [0.15, 0.2) is 0 Å². The van der Waals surface area contributed by atoms with Gasteiger partial charge in [0.05, 0.1) is 11.1 Å².